The molecule has 0 radical (unpaired) electrons. The maximum absolute atomic E-state index is 11.3. The van der Waals surface area contributed by atoms with Gasteiger partial charge < -0.3 is 11.5 Å². The van der Waals surface area contributed by atoms with Crippen molar-refractivity contribution in [3.8, 4) is 0 Å². The highest BCUT2D eigenvalue weighted by molar-refractivity contribution is 7.99. The first-order valence-corrected chi connectivity index (χ1v) is 6.24. The fraction of sp³-hybridized carbons (Fsp3) is 0.667. The van der Waals surface area contributed by atoms with Crippen LogP contribution < -0.4 is 17.2 Å². The molecule has 1 heterocycles. The molecular formula is C9H17N5O2S. The fourth-order valence-corrected chi connectivity index (χ4v) is 2.36. The van der Waals surface area contributed by atoms with E-state index in [1.165, 1.54) is 16.3 Å². The lowest BCUT2D eigenvalue weighted by atomic mass is 10.0. The highest BCUT2D eigenvalue weighted by Gasteiger charge is 2.25. The van der Waals surface area contributed by atoms with Crippen LogP contribution in [-0.4, -0.2) is 32.0 Å². The van der Waals surface area contributed by atoms with E-state index in [1.54, 1.807) is 6.92 Å². The highest BCUT2D eigenvalue weighted by atomic mass is 32.2. The first-order valence-electron chi connectivity index (χ1n) is 5.25. The number of nitrogens with zero attached hydrogens (tertiary/aromatic N) is 2. The number of nitrogens with two attached hydrogens (primary N) is 2. The molecular weight excluding hydrogens is 242 g/mol. The lowest BCUT2D eigenvalue weighted by Gasteiger charge is -2.19. The number of amides is 1. The van der Waals surface area contributed by atoms with E-state index >= 15 is 0 Å². The predicted octanol–water partition coefficient (Wildman–Crippen LogP) is -0.724. The van der Waals surface area contributed by atoms with Crippen LogP contribution >= 0.6 is 11.8 Å². The third-order valence-corrected chi connectivity index (χ3v) is 3.43. The number of aromatic nitrogens is 3. The number of thioether (sulfide) groups is 1. The normalized spacial score (nSPS) is 14.5. The van der Waals surface area contributed by atoms with Gasteiger partial charge in [-0.1, -0.05) is 11.8 Å². The average Bonchev–Trinajstić information content (AvgIpc) is 2.59. The summed E-state index contributed by atoms with van der Waals surface area (Å²) in [5.41, 5.74) is 9.61. The van der Waals surface area contributed by atoms with Crippen LogP contribution in [0.5, 0.6) is 0 Å². The Kier molecular flexibility index (Phi) is 4.35. The van der Waals surface area contributed by atoms with Crippen LogP contribution in [0.15, 0.2) is 9.95 Å². The van der Waals surface area contributed by atoms with Crippen LogP contribution in [0.4, 0.5) is 0 Å². The van der Waals surface area contributed by atoms with Crippen molar-refractivity contribution >= 4 is 17.7 Å². The standard InChI is InChI=1S/C9H17N5O2S/c1-3-14-7(16)12-13-8(14)17-5-4-9(2,11)6(10)15/h3-5,11H2,1-2H3,(H2,10,15)(H,12,16). The first kappa shape index (κ1) is 13.8. The molecule has 0 spiro atoms. The molecule has 7 nitrogen and oxygen atoms in total. The van der Waals surface area contributed by atoms with Crippen LogP contribution in [0.3, 0.4) is 0 Å². The van der Waals surface area contributed by atoms with Crippen molar-refractivity contribution in [2.24, 2.45) is 11.5 Å². The van der Waals surface area contributed by atoms with E-state index in [0.29, 0.717) is 23.9 Å². The van der Waals surface area contributed by atoms with E-state index in [9.17, 15) is 9.59 Å². The molecule has 0 fully saturated rings. The third-order valence-electron chi connectivity index (χ3n) is 2.45. The minimum Gasteiger partial charge on any atom is -0.368 e. The SMILES string of the molecule is CCn1c(SCCC(C)(N)C(N)=O)n[nH]c1=O. The number of hydrogen-bond acceptors (Lipinski definition) is 5. The fourth-order valence-electron chi connectivity index (χ4n) is 1.17. The molecule has 1 aromatic rings. The molecule has 1 rings (SSSR count). The summed E-state index contributed by atoms with van der Waals surface area (Å²) in [4.78, 5) is 22.3. The molecule has 8 heteroatoms. The minimum absolute atomic E-state index is 0.236. The second-order valence-corrected chi connectivity index (χ2v) is 5.00. The molecule has 0 aliphatic rings. The lowest BCUT2D eigenvalue weighted by molar-refractivity contribution is -0.122. The number of primary amides is 1. The van der Waals surface area contributed by atoms with Gasteiger partial charge in [-0.05, 0) is 20.3 Å². The molecule has 96 valence electrons. The van der Waals surface area contributed by atoms with Gasteiger partial charge in [0, 0.05) is 12.3 Å². The molecule has 0 saturated carbocycles. The topological polar surface area (TPSA) is 120 Å². The summed E-state index contributed by atoms with van der Waals surface area (Å²) in [5, 5.41) is 6.85. The molecule has 1 aromatic heterocycles. The van der Waals surface area contributed by atoms with Crippen molar-refractivity contribution in [2.75, 3.05) is 5.75 Å². The number of nitrogens with one attached hydrogen (secondary N) is 1. The molecule has 0 aliphatic heterocycles. The van der Waals surface area contributed by atoms with Gasteiger partial charge in [0.1, 0.15) is 0 Å². The van der Waals surface area contributed by atoms with Crippen LogP contribution in [0.25, 0.3) is 0 Å². The first-order chi connectivity index (χ1) is 7.88. The summed E-state index contributed by atoms with van der Waals surface area (Å²) in [7, 11) is 0. The summed E-state index contributed by atoms with van der Waals surface area (Å²) < 4.78 is 1.52. The van der Waals surface area contributed by atoms with E-state index in [-0.39, 0.29) is 5.69 Å². The lowest BCUT2D eigenvalue weighted by Crippen LogP contribution is -2.49. The van der Waals surface area contributed by atoms with Crippen LogP contribution in [0.2, 0.25) is 0 Å². The highest BCUT2D eigenvalue weighted by Crippen LogP contribution is 2.17. The van der Waals surface area contributed by atoms with Crippen molar-refractivity contribution in [3.05, 3.63) is 10.5 Å². The molecule has 0 bridgehead atoms. The zero-order valence-electron chi connectivity index (χ0n) is 9.90. The summed E-state index contributed by atoms with van der Waals surface area (Å²) in [6.07, 6.45) is 0.428. The van der Waals surface area contributed by atoms with E-state index < -0.39 is 11.4 Å². The van der Waals surface area contributed by atoms with Crippen LogP contribution in [0.1, 0.15) is 20.3 Å². The molecule has 1 atom stereocenters. The summed E-state index contributed by atoms with van der Waals surface area (Å²) in [5.74, 6) is 0.0354. The number of carbonyl (C=O) groups excluding carboxylic acids is 1. The summed E-state index contributed by atoms with van der Waals surface area (Å²) in [6.45, 7) is 4.00. The maximum atomic E-state index is 11.3. The van der Waals surface area contributed by atoms with E-state index in [2.05, 4.69) is 10.2 Å². The van der Waals surface area contributed by atoms with Gasteiger partial charge in [0.2, 0.25) is 5.91 Å². The Morgan fingerprint density at radius 1 is 1.65 bits per heavy atom. The summed E-state index contributed by atoms with van der Waals surface area (Å²) >= 11 is 1.37. The largest absolute Gasteiger partial charge is 0.368 e. The van der Waals surface area contributed by atoms with Gasteiger partial charge in [-0.15, -0.1) is 5.10 Å². The quantitative estimate of drug-likeness (QED) is 0.582. The molecule has 1 unspecified atom stereocenters. The van der Waals surface area contributed by atoms with E-state index in [0.717, 1.165) is 0 Å². The number of carbonyl (C=O) groups is 1. The molecule has 0 aliphatic carbocycles. The monoisotopic (exact) mass is 259 g/mol. The molecule has 17 heavy (non-hydrogen) atoms. The summed E-state index contributed by atoms with van der Waals surface area (Å²) in [6, 6.07) is 0. The van der Waals surface area contributed by atoms with Gasteiger partial charge in [0.25, 0.3) is 0 Å². The molecule has 0 aromatic carbocycles. The second kappa shape index (κ2) is 5.37. The zero-order chi connectivity index (χ0) is 13.1. The van der Waals surface area contributed by atoms with Crippen LogP contribution in [0, 0.1) is 0 Å². The Morgan fingerprint density at radius 3 is 2.82 bits per heavy atom. The molecule has 0 saturated heterocycles. The van der Waals surface area contributed by atoms with Gasteiger partial charge in [0.15, 0.2) is 5.16 Å². The number of rotatable bonds is 6. The van der Waals surface area contributed by atoms with Crippen molar-refractivity contribution < 1.29 is 4.79 Å². The van der Waals surface area contributed by atoms with Crippen molar-refractivity contribution in [3.63, 3.8) is 0 Å². The predicted molar refractivity (Wildman–Crippen MR) is 65.6 cm³/mol. The van der Waals surface area contributed by atoms with E-state index in [1.807, 2.05) is 6.92 Å². The van der Waals surface area contributed by atoms with Crippen LogP contribution in [-0.2, 0) is 11.3 Å². The number of hydrogen-bond donors (Lipinski definition) is 3. The number of aromatic amines is 1. The maximum Gasteiger partial charge on any atom is 0.343 e. The zero-order valence-corrected chi connectivity index (χ0v) is 10.7. The Balaban J connectivity index is 2.57. The van der Waals surface area contributed by atoms with Gasteiger partial charge in [-0.25, -0.2) is 9.89 Å². The Labute approximate surface area is 103 Å². The Hall–Kier alpha value is -1.28. The number of H-pyrrole nitrogens is 1. The minimum atomic E-state index is -1.03. The smallest absolute Gasteiger partial charge is 0.343 e. The average molecular weight is 259 g/mol. The van der Waals surface area contributed by atoms with Gasteiger partial charge in [-0.3, -0.25) is 9.36 Å². The van der Waals surface area contributed by atoms with Crippen molar-refractivity contribution in [2.45, 2.75) is 37.5 Å². The second-order valence-electron chi connectivity index (χ2n) is 3.94. The van der Waals surface area contributed by atoms with Gasteiger partial charge >= 0.3 is 5.69 Å². The van der Waals surface area contributed by atoms with E-state index in [4.69, 9.17) is 11.5 Å². The van der Waals surface area contributed by atoms with Gasteiger partial charge in [-0.2, -0.15) is 0 Å². The Morgan fingerprint density at radius 2 is 2.29 bits per heavy atom. The molecule has 1 amide bonds. The van der Waals surface area contributed by atoms with Gasteiger partial charge in [0.05, 0.1) is 5.54 Å². The third kappa shape index (κ3) is 3.34. The molecule has 5 N–H and O–H groups in total. The van der Waals surface area contributed by atoms with Crippen molar-refractivity contribution in [1.29, 1.82) is 0 Å². The Bertz CT molecular complexity index is 450. The van der Waals surface area contributed by atoms with Crippen molar-refractivity contribution in [1.82, 2.24) is 14.8 Å².